The summed E-state index contributed by atoms with van der Waals surface area (Å²) in [6.07, 6.45) is 4.40. The number of para-hydroxylation sites is 1. The van der Waals surface area contributed by atoms with Crippen LogP contribution in [0.1, 0.15) is 36.0 Å². The average molecular weight is 441 g/mol. The van der Waals surface area contributed by atoms with Crippen LogP contribution >= 0.6 is 11.6 Å². The fourth-order valence-corrected chi connectivity index (χ4v) is 3.89. The average Bonchev–Trinajstić information content (AvgIpc) is 3.23. The van der Waals surface area contributed by atoms with Crippen LogP contribution in [-0.4, -0.2) is 27.6 Å². The standard InChI is InChI=1S/C23H22ClFN4O2/c24-17-9-5-15(6-10-17)22(30)26-18-11-7-16(8-12-18)23(31)27-21-13-14-29(28-21)20-4-2-1-3-19(20)25/h1-6,9-10,13-14,16,18H,7-8,11-12H2,(H,26,30)(H,27,28,31)/t16-,18+. The van der Waals surface area contributed by atoms with Crippen molar-refractivity contribution in [3.63, 3.8) is 0 Å². The van der Waals surface area contributed by atoms with E-state index in [1.165, 1.54) is 10.7 Å². The van der Waals surface area contributed by atoms with E-state index in [2.05, 4.69) is 15.7 Å². The SMILES string of the molecule is O=C(N[C@H]1CC[C@@H](C(=O)Nc2ccn(-c3ccccc3F)n2)CC1)c1ccc(Cl)cc1. The summed E-state index contributed by atoms with van der Waals surface area (Å²) in [5.74, 6) is -0.402. The Kier molecular flexibility index (Phi) is 6.32. The van der Waals surface area contributed by atoms with Gasteiger partial charge in [-0.1, -0.05) is 23.7 Å². The Morgan fingerprint density at radius 2 is 1.71 bits per heavy atom. The Labute approximate surface area is 184 Å². The molecule has 0 bridgehead atoms. The Morgan fingerprint density at radius 1 is 1.00 bits per heavy atom. The van der Waals surface area contributed by atoms with E-state index < -0.39 is 0 Å². The van der Waals surface area contributed by atoms with E-state index in [1.807, 2.05) is 0 Å². The lowest BCUT2D eigenvalue weighted by Gasteiger charge is -2.28. The third-order valence-electron chi connectivity index (χ3n) is 5.48. The lowest BCUT2D eigenvalue weighted by molar-refractivity contribution is -0.120. The fraction of sp³-hybridized carbons (Fsp3) is 0.261. The number of carbonyl (C=O) groups is 2. The highest BCUT2D eigenvalue weighted by molar-refractivity contribution is 6.30. The van der Waals surface area contributed by atoms with Crippen LogP contribution < -0.4 is 10.6 Å². The molecule has 0 unspecified atom stereocenters. The normalized spacial score (nSPS) is 18.4. The van der Waals surface area contributed by atoms with Gasteiger partial charge in [-0.2, -0.15) is 0 Å². The number of nitrogens with zero attached hydrogens (tertiary/aromatic N) is 2. The number of anilines is 1. The second-order valence-corrected chi connectivity index (χ2v) is 8.05. The quantitative estimate of drug-likeness (QED) is 0.609. The van der Waals surface area contributed by atoms with Gasteiger partial charge in [-0.3, -0.25) is 9.59 Å². The van der Waals surface area contributed by atoms with E-state index in [9.17, 15) is 14.0 Å². The zero-order valence-corrected chi connectivity index (χ0v) is 17.5. The molecule has 2 N–H and O–H groups in total. The summed E-state index contributed by atoms with van der Waals surface area (Å²) in [6.45, 7) is 0. The van der Waals surface area contributed by atoms with Gasteiger partial charge in [0.25, 0.3) is 5.91 Å². The molecular weight excluding hydrogens is 419 g/mol. The molecular formula is C23H22ClFN4O2. The maximum atomic E-state index is 13.9. The van der Waals surface area contributed by atoms with E-state index in [-0.39, 0.29) is 29.6 Å². The lowest BCUT2D eigenvalue weighted by Crippen LogP contribution is -2.39. The first-order valence-electron chi connectivity index (χ1n) is 10.2. The molecule has 31 heavy (non-hydrogen) atoms. The number of amides is 2. The molecule has 0 atom stereocenters. The summed E-state index contributed by atoms with van der Waals surface area (Å²) in [4.78, 5) is 25.0. The Hall–Kier alpha value is -3.19. The van der Waals surface area contributed by atoms with Gasteiger partial charge in [-0.25, -0.2) is 9.07 Å². The number of nitrogens with one attached hydrogen (secondary N) is 2. The molecule has 0 radical (unpaired) electrons. The summed E-state index contributed by atoms with van der Waals surface area (Å²) >= 11 is 5.86. The Bertz CT molecular complexity index is 1080. The molecule has 160 valence electrons. The van der Waals surface area contributed by atoms with Crippen LogP contribution in [0.5, 0.6) is 0 Å². The van der Waals surface area contributed by atoms with Gasteiger partial charge >= 0.3 is 0 Å². The van der Waals surface area contributed by atoms with Crippen LogP contribution in [0.15, 0.2) is 60.8 Å². The molecule has 1 fully saturated rings. The number of aromatic nitrogens is 2. The molecule has 3 aromatic rings. The predicted octanol–water partition coefficient (Wildman–Crippen LogP) is 4.59. The second-order valence-electron chi connectivity index (χ2n) is 7.62. The number of benzene rings is 2. The highest BCUT2D eigenvalue weighted by Gasteiger charge is 2.27. The number of hydrogen-bond acceptors (Lipinski definition) is 3. The van der Waals surface area contributed by atoms with Crippen molar-refractivity contribution in [2.45, 2.75) is 31.7 Å². The van der Waals surface area contributed by atoms with Crippen molar-refractivity contribution in [2.75, 3.05) is 5.32 Å². The zero-order valence-electron chi connectivity index (χ0n) is 16.7. The highest BCUT2D eigenvalue weighted by Crippen LogP contribution is 2.26. The Balaban J connectivity index is 1.28. The molecule has 2 amide bonds. The molecule has 0 aliphatic heterocycles. The van der Waals surface area contributed by atoms with E-state index >= 15 is 0 Å². The fourth-order valence-electron chi connectivity index (χ4n) is 3.76. The lowest BCUT2D eigenvalue weighted by atomic mass is 9.85. The van der Waals surface area contributed by atoms with Gasteiger partial charge in [-0.05, 0) is 62.1 Å². The number of halogens is 2. The van der Waals surface area contributed by atoms with E-state index in [1.54, 1.807) is 54.7 Å². The summed E-state index contributed by atoms with van der Waals surface area (Å²) in [5.41, 5.74) is 0.884. The summed E-state index contributed by atoms with van der Waals surface area (Å²) in [5, 5.41) is 10.7. The van der Waals surface area contributed by atoms with Crippen LogP contribution in [0.2, 0.25) is 5.02 Å². The summed E-state index contributed by atoms with van der Waals surface area (Å²) in [7, 11) is 0. The molecule has 1 aliphatic rings. The van der Waals surface area contributed by atoms with Gasteiger partial charge in [0.1, 0.15) is 11.5 Å². The van der Waals surface area contributed by atoms with Crippen molar-refractivity contribution in [3.05, 3.63) is 77.2 Å². The van der Waals surface area contributed by atoms with E-state index in [4.69, 9.17) is 11.6 Å². The van der Waals surface area contributed by atoms with Crippen LogP contribution in [0.25, 0.3) is 5.69 Å². The van der Waals surface area contributed by atoms with Gasteiger partial charge < -0.3 is 10.6 Å². The van der Waals surface area contributed by atoms with Gasteiger partial charge in [0, 0.05) is 34.8 Å². The molecule has 1 heterocycles. The van der Waals surface area contributed by atoms with Crippen molar-refractivity contribution in [1.29, 1.82) is 0 Å². The highest BCUT2D eigenvalue weighted by atomic mass is 35.5. The second kappa shape index (κ2) is 9.31. The molecule has 6 nitrogen and oxygen atoms in total. The van der Waals surface area contributed by atoms with E-state index in [0.717, 1.165) is 12.8 Å². The third kappa shape index (κ3) is 5.11. The van der Waals surface area contributed by atoms with Crippen molar-refractivity contribution in [1.82, 2.24) is 15.1 Å². The van der Waals surface area contributed by atoms with Crippen LogP contribution in [0.4, 0.5) is 10.2 Å². The monoisotopic (exact) mass is 440 g/mol. The maximum Gasteiger partial charge on any atom is 0.251 e. The van der Waals surface area contributed by atoms with E-state index in [0.29, 0.717) is 34.9 Å². The summed E-state index contributed by atoms with van der Waals surface area (Å²) < 4.78 is 15.3. The smallest absolute Gasteiger partial charge is 0.251 e. The molecule has 8 heteroatoms. The molecule has 0 saturated heterocycles. The molecule has 1 aromatic heterocycles. The van der Waals surface area contributed by atoms with Crippen molar-refractivity contribution in [3.8, 4) is 5.69 Å². The first-order valence-corrected chi connectivity index (χ1v) is 10.6. The van der Waals surface area contributed by atoms with Crippen LogP contribution in [-0.2, 0) is 4.79 Å². The van der Waals surface area contributed by atoms with Crippen LogP contribution in [0.3, 0.4) is 0 Å². The molecule has 1 aliphatic carbocycles. The first kappa shape index (κ1) is 21.1. The van der Waals surface area contributed by atoms with Gasteiger partial charge in [-0.15, -0.1) is 5.10 Å². The van der Waals surface area contributed by atoms with Crippen molar-refractivity contribution >= 4 is 29.2 Å². The largest absolute Gasteiger partial charge is 0.349 e. The zero-order chi connectivity index (χ0) is 21.8. The van der Waals surface area contributed by atoms with Crippen molar-refractivity contribution < 1.29 is 14.0 Å². The maximum absolute atomic E-state index is 13.9. The van der Waals surface area contributed by atoms with Crippen molar-refractivity contribution in [2.24, 2.45) is 5.92 Å². The third-order valence-corrected chi connectivity index (χ3v) is 5.73. The molecule has 2 aromatic carbocycles. The molecule has 4 rings (SSSR count). The first-order chi connectivity index (χ1) is 15.0. The topological polar surface area (TPSA) is 76.0 Å². The minimum absolute atomic E-state index is 0.0347. The summed E-state index contributed by atoms with van der Waals surface area (Å²) in [6, 6.07) is 14.7. The van der Waals surface area contributed by atoms with Gasteiger partial charge in [0.15, 0.2) is 5.82 Å². The van der Waals surface area contributed by atoms with Gasteiger partial charge in [0.05, 0.1) is 0 Å². The number of rotatable bonds is 5. The van der Waals surface area contributed by atoms with Crippen LogP contribution in [0, 0.1) is 11.7 Å². The number of hydrogen-bond donors (Lipinski definition) is 2. The number of carbonyl (C=O) groups excluding carboxylic acids is 2. The molecule has 1 saturated carbocycles. The minimum atomic E-state index is -0.387. The van der Waals surface area contributed by atoms with Gasteiger partial charge in [0.2, 0.25) is 5.91 Å². The predicted molar refractivity (Wildman–Crippen MR) is 117 cm³/mol. The molecule has 0 spiro atoms. The minimum Gasteiger partial charge on any atom is -0.349 e. The Morgan fingerprint density at radius 3 is 2.42 bits per heavy atom.